The van der Waals surface area contributed by atoms with Crippen molar-refractivity contribution < 1.29 is 9.47 Å². The highest BCUT2D eigenvalue weighted by molar-refractivity contribution is 5.81. The molecule has 1 aliphatic carbocycles. The van der Waals surface area contributed by atoms with Crippen LogP contribution in [0.1, 0.15) is 43.7 Å². The van der Waals surface area contributed by atoms with Crippen molar-refractivity contribution in [3.8, 4) is 11.5 Å². The lowest BCUT2D eigenvalue weighted by Crippen LogP contribution is -2.25. The first-order valence-corrected chi connectivity index (χ1v) is 9.13. The summed E-state index contributed by atoms with van der Waals surface area (Å²) in [7, 11) is 1.67. The molecule has 132 valence electrons. The molecule has 2 aromatic rings. The summed E-state index contributed by atoms with van der Waals surface area (Å²) in [6.07, 6.45) is 6.99. The molecule has 3 nitrogen and oxygen atoms in total. The van der Waals surface area contributed by atoms with Gasteiger partial charge in [0.25, 0.3) is 0 Å². The molecular formula is C22H27NO2. The summed E-state index contributed by atoms with van der Waals surface area (Å²) in [5.74, 6) is 1.53. The number of hydrogen-bond donors (Lipinski definition) is 0. The predicted octanol–water partition coefficient (Wildman–Crippen LogP) is 5.02. The average Bonchev–Trinajstić information content (AvgIpc) is 3.14. The van der Waals surface area contributed by atoms with Gasteiger partial charge in [0, 0.05) is 18.2 Å². The van der Waals surface area contributed by atoms with Crippen LogP contribution in [0, 0.1) is 0 Å². The Bertz CT molecular complexity index is 703. The summed E-state index contributed by atoms with van der Waals surface area (Å²) < 4.78 is 11.0. The van der Waals surface area contributed by atoms with E-state index < -0.39 is 0 Å². The molecule has 0 aromatic heterocycles. The lowest BCUT2D eigenvalue weighted by atomic mass is 9.79. The Morgan fingerprint density at radius 3 is 2.48 bits per heavy atom. The summed E-state index contributed by atoms with van der Waals surface area (Å²) >= 11 is 0. The fourth-order valence-corrected chi connectivity index (χ4v) is 3.75. The standard InChI is InChI=1S/C22H27NO2/c1-3-25-20-12-11-18(15-21(20)24-2)16-23-17-22(13-7-8-14-22)19-9-5-4-6-10-19/h4-6,9-12,15-16H,3,7-8,13-14,17H2,1-2H3. The van der Waals surface area contributed by atoms with Crippen molar-refractivity contribution in [2.45, 2.75) is 38.0 Å². The molecule has 3 heteroatoms. The summed E-state index contributed by atoms with van der Waals surface area (Å²) in [6.45, 7) is 3.44. The maximum Gasteiger partial charge on any atom is 0.161 e. The Morgan fingerprint density at radius 1 is 1.04 bits per heavy atom. The Hall–Kier alpha value is -2.29. The molecule has 25 heavy (non-hydrogen) atoms. The van der Waals surface area contributed by atoms with Crippen molar-refractivity contribution in [3.63, 3.8) is 0 Å². The predicted molar refractivity (Wildman–Crippen MR) is 103 cm³/mol. The summed E-state index contributed by atoms with van der Waals surface area (Å²) in [5, 5.41) is 0. The Labute approximate surface area is 150 Å². The molecule has 1 aliphatic rings. The van der Waals surface area contributed by atoms with Crippen molar-refractivity contribution in [1.29, 1.82) is 0 Å². The van der Waals surface area contributed by atoms with Crippen LogP contribution in [0.4, 0.5) is 0 Å². The van der Waals surface area contributed by atoms with E-state index in [2.05, 4.69) is 30.3 Å². The normalized spacial score (nSPS) is 16.2. The third kappa shape index (κ3) is 4.04. The second-order valence-corrected chi connectivity index (χ2v) is 6.67. The van der Waals surface area contributed by atoms with Gasteiger partial charge >= 0.3 is 0 Å². The molecule has 0 radical (unpaired) electrons. The molecule has 0 spiro atoms. The fourth-order valence-electron chi connectivity index (χ4n) is 3.75. The van der Waals surface area contributed by atoms with Crippen LogP contribution in [-0.4, -0.2) is 26.5 Å². The van der Waals surface area contributed by atoms with Gasteiger partial charge in [-0.25, -0.2) is 0 Å². The second-order valence-electron chi connectivity index (χ2n) is 6.67. The minimum Gasteiger partial charge on any atom is -0.493 e. The Kier molecular flexibility index (Phi) is 5.75. The first-order chi connectivity index (χ1) is 12.3. The molecule has 0 aliphatic heterocycles. The number of nitrogens with zero attached hydrogens (tertiary/aromatic N) is 1. The molecule has 0 unspecified atom stereocenters. The molecule has 1 fully saturated rings. The van der Waals surface area contributed by atoms with E-state index >= 15 is 0 Å². The van der Waals surface area contributed by atoms with Gasteiger partial charge in [-0.2, -0.15) is 0 Å². The van der Waals surface area contributed by atoms with E-state index in [4.69, 9.17) is 14.5 Å². The van der Waals surface area contributed by atoms with E-state index in [0.29, 0.717) is 6.61 Å². The number of hydrogen-bond acceptors (Lipinski definition) is 3. The number of methoxy groups -OCH3 is 1. The SMILES string of the molecule is CCOc1ccc(C=NCC2(c3ccccc3)CCCC2)cc1OC. The van der Waals surface area contributed by atoms with Gasteiger partial charge < -0.3 is 9.47 Å². The van der Waals surface area contributed by atoms with E-state index in [1.165, 1.54) is 31.2 Å². The quantitative estimate of drug-likeness (QED) is 0.664. The minimum absolute atomic E-state index is 0.201. The van der Waals surface area contributed by atoms with E-state index in [-0.39, 0.29) is 5.41 Å². The van der Waals surface area contributed by atoms with Crippen LogP contribution in [-0.2, 0) is 5.41 Å². The third-order valence-electron chi connectivity index (χ3n) is 5.07. The van der Waals surface area contributed by atoms with Gasteiger partial charge in [0.05, 0.1) is 13.7 Å². The molecule has 3 rings (SSSR count). The fraction of sp³-hybridized carbons (Fsp3) is 0.409. The van der Waals surface area contributed by atoms with Gasteiger partial charge in [0.2, 0.25) is 0 Å². The molecule has 0 atom stereocenters. The van der Waals surface area contributed by atoms with Crippen LogP contribution < -0.4 is 9.47 Å². The van der Waals surface area contributed by atoms with Crippen molar-refractivity contribution >= 4 is 6.21 Å². The van der Waals surface area contributed by atoms with Crippen molar-refractivity contribution in [2.75, 3.05) is 20.3 Å². The highest BCUT2D eigenvalue weighted by atomic mass is 16.5. The Balaban J connectivity index is 1.75. The van der Waals surface area contributed by atoms with Gasteiger partial charge in [-0.3, -0.25) is 4.99 Å². The molecule has 2 aromatic carbocycles. The summed E-state index contributed by atoms with van der Waals surface area (Å²) in [4.78, 5) is 4.80. The van der Waals surface area contributed by atoms with Crippen LogP contribution in [0.5, 0.6) is 11.5 Å². The molecule has 0 heterocycles. The summed E-state index contributed by atoms with van der Waals surface area (Å²) in [5.41, 5.74) is 2.67. The van der Waals surface area contributed by atoms with Crippen LogP contribution in [0.15, 0.2) is 53.5 Å². The van der Waals surface area contributed by atoms with Gasteiger partial charge in [-0.15, -0.1) is 0 Å². The molecule has 0 amide bonds. The molecule has 0 bridgehead atoms. The zero-order valence-electron chi connectivity index (χ0n) is 15.2. The van der Waals surface area contributed by atoms with Crippen molar-refractivity contribution in [2.24, 2.45) is 4.99 Å². The molecular weight excluding hydrogens is 310 g/mol. The third-order valence-corrected chi connectivity index (χ3v) is 5.07. The van der Waals surface area contributed by atoms with Crippen LogP contribution in [0.3, 0.4) is 0 Å². The number of ether oxygens (including phenoxy) is 2. The van der Waals surface area contributed by atoms with E-state index in [9.17, 15) is 0 Å². The van der Waals surface area contributed by atoms with Crippen molar-refractivity contribution in [3.05, 3.63) is 59.7 Å². The zero-order chi connectivity index (χ0) is 17.5. The first kappa shape index (κ1) is 17.5. The smallest absolute Gasteiger partial charge is 0.161 e. The largest absolute Gasteiger partial charge is 0.493 e. The highest BCUT2D eigenvalue weighted by Gasteiger charge is 2.34. The molecule has 1 saturated carbocycles. The lowest BCUT2D eigenvalue weighted by molar-refractivity contribution is 0.311. The topological polar surface area (TPSA) is 30.8 Å². The van der Waals surface area contributed by atoms with Crippen molar-refractivity contribution in [1.82, 2.24) is 0 Å². The number of benzene rings is 2. The Morgan fingerprint density at radius 2 is 1.80 bits per heavy atom. The number of rotatable bonds is 7. The van der Waals surface area contributed by atoms with Crippen LogP contribution >= 0.6 is 0 Å². The van der Waals surface area contributed by atoms with Gasteiger partial charge in [0.15, 0.2) is 11.5 Å². The molecule has 0 N–H and O–H groups in total. The van der Waals surface area contributed by atoms with E-state index in [0.717, 1.165) is 23.6 Å². The lowest BCUT2D eigenvalue weighted by Gasteiger charge is -2.27. The van der Waals surface area contributed by atoms with E-state index in [1.54, 1.807) is 7.11 Å². The van der Waals surface area contributed by atoms with Crippen LogP contribution in [0.2, 0.25) is 0 Å². The zero-order valence-corrected chi connectivity index (χ0v) is 15.2. The average molecular weight is 337 g/mol. The highest BCUT2D eigenvalue weighted by Crippen LogP contribution is 2.41. The maximum atomic E-state index is 5.57. The minimum atomic E-state index is 0.201. The number of aliphatic imine (C=N–C) groups is 1. The molecule has 0 saturated heterocycles. The first-order valence-electron chi connectivity index (χ1n) is 9.13. The van der Waals surface area contributed by atoms with Gasteiger partial charge in [-0.05, 0) is 49.1 Å². The van der Waals surface area contributed by atoms with E-state index in [1.807, 2.05) is 31.3 Å². The van der Waals surface area contributed by atoms with Crippen LogP contribution in [0.25, 0.3) is 0 Å². The van der Waals surface area contributed by atoms with Gasteiger partial charge in [0.1, 0.15) is 0 Å². The van der Waals surface area contributed by atoms with Gasteiger partial charge in [-0.1, -0.05) is 43.2 Å². The second kappa shape index (κ2) is 8.19. The monoisotopic (exact) mass is 337 g/mol. The summed E-state index contributed by atoms with van der Waals surface area (Å²) in [6, 6.07) is 16.8. The maximum absolute atomic E-state index is 5.57.